The highest BCUT2D eigenvalue weighted by atomic mass is 32.2. The molecular weight excluding hydrogens is 474 g/mol. The fourth-order valence-corrected chi connectivity index (χ4v) is 5.74. The molecule has 9 nitrogen and oxygen atoms in total. The van der Waals surface area contributed by atoms with Gasteiger partial charge in [-0.1, -0.05) is 24.3 Å². The van der Waals surface area contributed by atoms with Crippen molar-refractivity contribution >= 4 is 54.2 Å². The number of imidazole rings is 1. The molecule has 0 saturated carbocycles. The smallest absolute Gasteiger partial charge is 0.323 e. The van der Waals surface area contributed by atoms with Crippen molar-refractivity contribution in [3.63, 3.8) is 0 Å². The molecule has 0 aliphatic heterocycles. The van der Waals surface area contributed by atoms with Gasteiger partial charge in [0.05, 0.1) is 43.9 Å². The molecule has 0 saturated heterocycles. The summed E-state index contributed by atoms with van der Waals surface area (Å²) in [6.07, 6.45) is 0. The molecule has 3 N–H and O–H groups in total. The number of carbonyl (C=O) groups excluding carboxylic acids is 1. The van der Waals surface area contributed by atoms with Gasteiger partial charge < -0.3 is 14.9 Å². The van der Waals surface area contributed by atoms with Gasteiger partial charge in [0.25, 0.3) is 15.9 Å². The summed E-state index contributed by atoms with van der Waals surface area (Å²) < 4.78 is 29.6. The quantitative estimate of drug-likeness (QED) is 0.333. The monoisotopic (exact) mass is 493 g/mol. The minimum Gasteiger partial charge on any atom is -0.335 e. The van der Waals surface area contributed by atoms with Crippen LogP contribution in [0, 0.1) is 0 Å². The van der Waals surface area contributed by atoms with Crippen molar-refractivity contribution in [2.75, 3.05) is 11.8 Å². The molecule has 0 unspecified atom stereocenters. The fourth-order valence-electron chi connectivity index (χ4n) is 3.61. The SMILES string of the molecule is CN(Cc1nc2ccccc2s1)C(=O)c1ccccc1NS(=O)(=O)c1ccc2[nH]c(=O)[nH]c2c1. The molecule has 1 amide bonds. The Bertz CT molecular complexity index is 1670. The number of rotatable bonds is 6. The largest absolute Gasteiger partial charge is 0.335 e. The van der Waals surface area contributed by atoms with Gasteiger partial charge in [-0.3, -0.25) is 9.52 Å². The summed E-state index contributed by atoms with van der Waals surface area (Å²) in [7, 11) is -2.37. The van der Waals surface area contributed by atoms with E-state index in [4.69, 9.17) is 0 Å². The second-order valence-corrected chi connectivity index (χ2v) is 10.5. The van der Waals surface area contributed by atoms with Crippen LogP contribution >= 0.6 is 11.3 Å². The predicted molar refractivity (Wildman–Crippen MR) is 132 cm³/mol. The summed E-state index contributed by atoms with van der Waals surface area (Å²) in [5.41, 5.74) is 1.68. The van der Waals surface area contributed by atoms with Gasteiger partial charge in [0.2, 0.25) is 0 Å². The molecular formula is C23H19N5O4S2. The average molecular weight is 494 g/mol. The second kappa shape index (κ2) is 8.43. The van der Waals surface area contributed by atoms with E-state index in [0.29, 0.717) is 11.0 Å². The van der Waals surface area contributed by atoms with Crippen LogP contribution in [-0.4, -0.2) is 41.2 Å². The lowest BCUT2D eigenvalue weighted by atomic mass is 10.1. The summed E-state index contributed by atoms with van der Waals surface area (Å²) in [5, 5.41) is 0.781. The number of carbonyl (C=O) groups is 1. The highest BCUT2D eigenvalue weighted by molar-refractivity contribution is 7.92. The van der Waals surface area contributed by atoms with Gasteiger partial charge in [0, 0.05) is 7.05 Å². The van der Waals surface area contributed by atoms with Crippen molar-refractivity contribution in [3.8, 4) is 0 Å². The molecule has 0 bridgehead atoms. The zero-order chi connectivity index (χ0) is 23.9. The number of thiazole rings is 1. The van der Waals surface area contributed by atoms with E-state index >= 15 is 0 Å². The van der Waals surface area contributed by atoms with E-state index in [-0.39, 0.29) is 28.6 Å². The molecule has 11 heteroatoms. The molecule has 5 rings (SSSR count). The minimum absolute atomic E-state index is 0.0414. The normalized spacial score (nSPS) is 11.7. The summed E-state index contributed by atoms with van der Waals surface area (Å²) in [4.78, 5) is 35.8. The van der Waals surface area contributed by atoms with E-state index < -0.39 is 15.7 Å². The molecule has 0 atom stereocenters. The minimum atomic E-state index is -4.02. The Hall–Kier alpha value is -3.96. The highest BCUT2D eigenvalue weighted by Crippen LogP contribution is 2.25. The number of hydrogen-bond acceptors (Lipinski definition) is 6. The third-order valence-electron chi connectivity index (χ3n) is 5.26. The van der Waals surface area contributed by atoms with Crippen molar-refractivity contribution in [1.82, 2.24) is 19.9 Å². The van der Waals surface area contributed by atoms with Crippen molar-refractivity contribution in [1.29, 1.82) is 0 Å². The zero-order valence-corrected chi connectivity index (χ0v) is 19.5. The first-order valence-corrected chi connectivity index (χ1v) is 12.5. The third-order valence-corrected chi connectivity index (χ3v) is 7.64. The van der Waals surface area contributed by atoms with Gasteiger partial charge in [0.1, 0.15) is 5.01 Å². The Morgan fingerprint density at radius 3 is 2.59 bits per heavy atom. The van der Waals surface area contributed by atoms with Gasteiger partial charge in [0.15, 0.2) is 0 Å². The summed E-state index contributed by atoms with van der Waals surface area (Å²) in [6, 6.07) is 18.4. The number of sulfonamides is 1. The maximum Gasteiger partial charge on any atom is 0.323 e. The van der Waals surface area contributed by atoms with E-state index in [1.807, 2.05) is 24.3 Å². The van der Waals surface area contributed by atoms with E-state index in [1.165, 1.54) is 40.5 Å². The molecule has 2 heterocycles. The number of aromatic nitrogens is 3. The van der Waals surface area contributed by atoms with Gasteiger partial charge >= 0.3 is 5.69 Å². The summed E-state index contributed by atoms with van der Waals surface area (Å²) in [5.74, 6) is -0.344. The first-order chi connectivity index (χ1) is 16.3. The van der Waals surface area contributed by atoms with Crippen LogP contribution in [0.1, 0.15) is 15.4 Å². The lowest BCUT2D eigenvalue weighted by Crippen LogP contribution is -2.27. The number of para-hydroxylation sites is 2. The topological polar surface area (TPSA) is 128 Å². The average Bonchev–Trinajstić information content (AvgIpc) is 3.39. The van der Waals surface area contributed by atoms with Crippen molar-refractivity contribution in [2.45, 2.75) is 11.4 Å². The van der Waals surface area contributed by atoms with Crippen LogP contribution in [0.4, 0.5) is 5.69 Å². The molecule has 5 aromatic rings. The van der Waals surface area contributed by atoms with Crippen LogP contribution in [0.15, 0.2) is 76.4 Å². The Morgan fingerprint density at radius 2 is 1.76 bits per heavy atom. The van der Waals surface area contributed by atoms with E-state index in [1.54, 1.807) is 25.2 Å². The molecule has 3 aromatic carbocycles. The number of fused-ring (bicyclic) bond motifs is 2. The molecule has 0 aliphatic rings. The predicted octanol–water partition coefficient (Wildman–Crippen LogP) is 3.54. The first-order valence-electron chi connectivity index (χ1n) is 10.2. The van der Waals surface area contributed by atoms with Crippen LogP contribution in [-0.2, 0) is 16.6 Å². The number of amides is 1. The number of benzene rings is 3. The maximum atomic E-state index is 13.2. The lowest BCUT2D eigenvalue weighted by Gasteiger charge is -2.18. The summed E-state index contributed by atoms with van der Waals surface area (Å²) >= 11 is 1.51. The standard InChI is InChI=1S/C23H19N5O4S2/c1-28(13-21-24-18-8-4-5-9-20(18)33-21)22(29)15-6-2-3-7-16(15)27-34(31,32)14-10-11-17-19(12-14)26-23(30)25-17/h2-12,27H,13H2,1H3,(H2,25,26,30). The summed E-state index contributed by atoms with van der Waals surface area (Å²) in [6.45, 7) is 0.288. The molecule has 0 aliphatic carbocycles. The van der Waals surface area contributed by atoms with Crippen LogP contribution in [0.3, 0.4) is 0 Å². The van der Waals surface area contributed by atoms with E-state index in [0.717, 1.165) is 15.2 Å². The maximum absolute atomic E-state index is 13.2. The van der Waals surface area contributed by atoms with Crippen LogP contribution < -0.4 is 10.4 Å². The first kappa shape index (κ1) is 21.9. The number of H-pyrrole nitrogens is 2. The van der Waals surface area contributed by atoms with E-state index in [9.17, 15) is 18.0 Å². The highest BCUT2D eigenvalue weighted by Gasteiger charge is 2.22. The number of aromatic amines is 2. The van der Waals surface area contributed by atoms with Crippen molar-refractivity contribution < 1.29 is 13.2 Å². The molecule has 0 spiro atoms. The Morgan fingerprint density at radius 1 is 1.03 bits per heavy atom. The number of hydrogen-bond donors (Lipinski definition) is 3. The fraction of sp³-hybridized carbons (Fsp3) is 0.0870. The van der Waals surface area contributed by atoms with Gasteiger partial charge in [-0.15, -0.1) is 11.3 Å². The Balaban J connectivity index is 1.40. The molecule has 34 heavy (non-hydrogen) atoms. The zero-order valence-electron chi connectivity index (χ0n) is 17.9. The third kappa shape index (κ3) is 4.18. The van der Waals surface area contributed by atoms with Gasteiger partial charge in [-0.05, 0) is 42.5 Å². The molecule has 172 valence electrons. The van der Waals surface area contributed by atoms with E-state index in [2.05, 4.69) is 19.7 Å². The Labute approximate surface area is 198 Å². The molecule has 2 aromatic heterocycles. The van der Waals surface area contributed by atoms with Gasteiger partial charge in [-0.2, -0.15) is 0 Å². The van der Waals surface area contributed by atoms with Crippen LogP contribution in [0.25, 0.3) is 21.3 Å². The molecule has 0 radical (unpaired) electrons. The lowest BCUT2D eigenvalue weighted by molar-refractivity contribution is 0.0786. The van der Waals surface area contributed by atoms with Crippen molar-refractivity contribution in [3.05, 3.63) is 87.8 Å². The van der Waals surface area contributed by atoms with Crippen LogP contribution in [0.5, 0.6) is 0 Å². The second-order valence-electron chi connectivity index (χ2n) is 7.67. The number of nitrogens with one attached hydrogen (secondary N) is 3. The van der Waals surface area contributed by atoms with Crippen molar-refractivity contribution in [2.24, 2.45) is 0 Å². The number of anilines is 1. The van der Waals surface area contributed by atoms with Crippen LogP contribution in [0.2, 0.25) is 0 Å². The van der Waals surface area contributed by atoms with Gasteiger partial charge in [-0.25, -0.2) is 18.2 Å². The number of nitrogens with zero attached hydrogens (tertiary/aromatic N) is 2. The Kier molecular flexibility index (Phi) is 5.42. The molecule has 0 fully saturated rings.